The van der Waals surface area contributed by atoms with E-state index in [2.05, 4.69) is 44.8 Å². The maximum absolute atomic E-state index is 3.71. The van der Waals surface area contributed by atoms with Gasteiger partial charge in [-0.05, 0) is 63.5 Å². The highest BCUT2D eigenvalue weighted by atomic mass is 32.2. The van der Waals surface area contributed by atoms with Gasteiger partial charge in [-0.3, -0.25) is 0 Å². The molecule has 1 aliphatic carbocycles. The number of thioether (sulfide) groups is 1. The Hall–Kier alpha value is 0.310. The molecule has 0 aromatic carbocycles. The van der Waals surface area contributed by atoms with Gasteiger partial charge in [0.05, 0.1) is 0 Å². The molecule has 0 heterocycles. The molecule has 102 valence electrons. The van der Waals surface area contributed by atoms with E-state index in [9.17, 15) is 0 Å². The maximum atomic E-state index is 3.71. The third-order valence-corrected chi connectivity index (χ3v) is 4.73. The molecule has 1 nitrogen and oxygen atoms in total. The molecule has 0 spiro atoms. The van der Waals surface area contributed by atoms with E-state index in [1.54, 1.807) is 0 Å². The Bertz CT molecular complexity index is 198. The van der Waals surface area contributed by atoms with E-state index < -0.39 is 0 Å². The highest BCUT2D eigenvalue weighted by Crippen LogP contribution is 2.33. The normalized spacial score (nSPS) is 26.1. The van der Waals surface area contributed by atoms with Crippen molar-refractivity contribution in [3.8, 4) is 0 Å². The molecule has 0 aromatic rings. The SMILES string of the molecule is CCSCCC1CCCCC1CNC(C)(C)C. The van der Waals surface area contributed by atoms with Gasteiger partial charge in [-0.2, -0.15) is 11.8 Å². The summed E-state index contributed by atoms with van der Waals surface area (Å²) in [5.74, 6) is 4.56. The van der Waals surface area contributed by atoms with Crippen LogP contribution in [0.2, 0.25) is 0 Å². The van der Waals surface area contributed by atoms with Gasteiger partial charge in [0.15, 0.2) is 0 Å². The highest BCUT2D eigenvalue weighted by molar-refractivity contribution is 7.99. The Morgan fingerprint density at radius 2 is 1.76 bits per heavy atom. The van der Waals surface area contributed by atoms with E-state index in [1.807, 2.05) is 0 Å². The van der Waals surface area contributed by atoms with Gasteiger partial charge in [0.1, 0.15) is 0 Å². The first-order valence-electron chi connectivity index (χ1n) is 7.35. The number of nitrogens with one attached hydrogen (secondary N) is 1. The van der Waals surface area contributed by atoms with Crippen LogP contribution in [0.5, 0.6) is 0 Å². The second kappa shape index (κ2) is 7.68. The summed E-state index contributed by atoms with van der Waals surface area (Å²) in [5, 5.41) is 3.71. The topological polar surface area (TPSA) is 12.0 Å². The van der Waals surface area contributed by atoms with Crippen molar-refractivity contribution in [2.75, 3.05) is 18.1 Å². The van der Waals surface area contributed by atoms with E-state index >= 15 is 0 Å². The molecule has 1 saturated carbocycles. The van der Waals surface area contributed by atoms with Gasteiger partial charge >= 0.3 is 0 Å². The number of hydrogen-bond donors (Lipinski definition) is 1. The van der Waals surface area contributed by atoms with Crippen molar-refractivity contribution in [2.45, 2.75) is 65.3 Å². The minimum absolute atomic E-state index is 0.278. The zero-order chi connectivity index (χ0) is 12.7. The van der Waals surface area contributed by atoms with Crippen LogP contribution in [0.15, 0.2) is 0 Å². The molecule has 1 N–H and O–H groups in total. The van der Waals surface area contributed by atoms with Crippen LogP contribution < -0.4 is 5.32 Å². The lowest BCUT2D eigenvalue weighted by atomic mass is 9.77. The fourth-order valence-electron chi connectivity index (χ4n) is 2.75. The molecule has 0 aromatic heterocycles. The van der Waals surface area contributed by atoms with E-state index in [-0.39, 0.29) is 5.54 Å². The predicted molar refractivity (Wildman–Crippen MR) is 80.8 cm³/mol. The maximum Gasteiger partial charge on any atom is 0.00966 e. The van der Waals surface area contributed by atoms with Gasteiger partial charge in [-0.25, -0.2) is 0 Å². The van der Waals surface area contributed by atoms with Gasteiger partial charge in [0.25, 0.3) is 0 Å². The molecular formula is C15H31NS. The molecule has 1 rings (SSSR count). The van der Waals surface area contributed by atoms with E-state index in [1.165, 1.54) is 50.2 Å². The Balaban J connectivity index is 2.31. The van der Waals surface area contributed by atoms with Gasteiger partial charge in [-0.1, -0.05) is 26.2 Å². The first-order valence-corrected chi connectivity index (χ1v) is 8.51. The monoisotopic (exact) mass is 257 g/mol. The van der Waals surface area contributed by atoms with E-state index in [4.69, 9.17) is 0 Å². The fourth-order valence-corrected chi connectivity index (χ4v) is 3.51. The van der Waals surface area contributed by atoms with Crippen LogP contribution in [0.4, 0.5) is 0 Å². The molecule has 17 heavy (non-hydrogen) atoms. The minimum Gasteiger partial charge on any atom is -0.312 e. The summed E-state index contributed by atoms with van der Waals surface area (Å²) in [6, 6.07) is 0. The standard InChI is InChI=1S/C15H31NS/c1-5-17-11-10-13-8-6-7-9-14(13)12-16-15(2,3)4/h13-14,16H,5-12H2,1-4H3. The average molecular weight is 257 g/mol. The molecule has 0 aliphatic heterocycles. The second-order valence-corrected chi connectivity index (χ2v) is 7.81. The molecular weight excluding hydrogens is 226 g/mol. The molecule has 2 atom stereocenters. The van der Waals surface area contributed by atoms with Gasteiger partial charge < -0.3 is 5.32 Å². The van der Waals surface area contributed by atoms with E-state index in [0.717, 1.165) is 11.8 Å². The lowest BCUT2D eigenvalue weighted by molar-refractivity contribution is 0.210. The number of hydrogen-bond acceptors (Lipinski definition) is 2. The third-order valence-electron chi connectivity index (χ3n) is 3.80. The minimum atomic E-state index is 0.278. The van der Waals surface area contributed by atoms with Crippen LogP contribution in [-0.2, 0) is 0 Å². The molecule has 2 heteroatoms. The summed E-state index contributed by atoms with van der Waals surface area (Å²) >= 11 is 2.11. The molecule has 0 bridgehead atoms. The Kier molecular flexibility index (Phi) is 6.94. The van der Waals surface area contributed by atoms with E-state index in [0.29, 0.717) is 0 Å². The predicted octanol–water partition coefficient (Wildman–Crippen LogP) is 4.32. The highest BCUT2D eigenvalue weighted by Gasteiger charge is 2.25. The molecule has 0 radical (unpaired) electrons. The first kappa shape index (κ1) is 15.4. The smallest absolute Gasteiger partial charge is 0.00966 e. The summed E-state index contributed by atoms with van der Waals surface area (Å²) in [5.41, 5.74) is 0.278. The summed E-state index contributed by atoms with van der Waals surface area (Å²) in [4.78, 5) is 0. The largest absolute Gasteiger partial charge is 0.312 e. The van der Waals surface area contributed by atoms with Crippen molar-refractivity contribution in [2.24, 2.45) is 11.8 Å². The van der Waals surface area contributed by atoms with Crippen molar-refractivity contribution in [3.63, 3.8) is 0 Å². The Morgan fingerprint density at radius 3 is 2.35 bits per heavy atom. The van der Waals surface area contributed by atoms with Crippen molar-refractivity contribution in [1.29, 1.82) is 0 Å². The Morgan fingerprint density at radius 1 is 1.12 bits per heavy atom. The molecule has 1 fully saturated rings. The van der Waals surface area contributed by atoms with Crippen molar-refractivity contribution >= 4 is 11.8 Å². The molecule has 2 unspecified atom stereocenters. The molecule has 1 aliphatic rings. The van der Waals surface area contributed by atoms with Crippen LogP contribution >= 0.6 is 11.8 Å². The summed E-state index contributed by atoms with van der Waals surface area (Å²) in [6.45, 7) is 10.3. The van der Waals surface area contributed by atoms with Crippen LogP contribution in [0, 0.1) is 11.8 Å². The van der Waals surface area contributed by atoms with Crippen molar-refractivity contribution in [3.05, 3.63) is 0 Å². The van der Waals surface area contributed by atoms with Crippen LogP contribution in [0.25, 0.3) is 0 Å². The average Bonchev–Trinajstić information content (AvgIpc) is 2.27. The molecule has 0 saturated heterocycles. The second-order valence-electron chi connectivity index (χ2n) is 6.42. The summed E-state index contributed by atoms with van der Waals surface area (Å²) in [7, 11) is 0. The van der Waals surface area contributed by atoms with Crippen LogP contribution in [0.3, 0.4) is 0 Å². The van der Waals surface area contributed by atoms with Gasteiger partial charge in [0.2, 0.25) is 0 Å². The fraction of sp³-hybridized carbons (Fsp3) is 1.00. The number of rotatable bonds is 6. The van der Waals surface area contributed by atoms with Crippen LogP contribution in [-0.4, -0.2) is 23.6 Å². The lowest BCUT2D eigenvalue weighted by Crippen LogP contribution is -2.41. The lowest BCUT2D eigenvalue weighted by Gasteiger charge is -2.34. The van der Waals surface area contributed by atoms with Crippen molar-refractivity contribution in [1.82, 2.24) is 5.32 Å². The summed E-state index contributed by atoms with van der Waals surface area (Å²) < 4.78 is 0. The summed E-state index contributed by atoms with van der Waals surface area (Å²) in [6.07, 6.45) is 7.28. The zero-order valence-corrected chi connectivity index (χ0v) is 13.0. The van der Waals surface area contributed by atoms with Gasteiger partial charge in [0, 0.05) is 5.54 Å². The third kappa shape index (κ3) is 6.71. The first-order chi connectivity index (χ1) is 8.03. The van der Waals surface area contributed by atoms with Crippen LogP contribution in [0.1, 0.15) is 59.8 Å². The molecule has 0 amide bonds. The Labute approximate surface area is 113 Å². The van der Waals surface area contributed by atoms with Crippen molar-refractivity contribution < 1.29 is 0 Å². The zero-order valence-electron chi connectivity index (χ0n) is 12.2. The van der Waals surface area contributed by atoms with Gasteiger partial charge in [-0.15, -0.1) is 0 Å². The quantitative estimate of drug-likeness (QED) is 0.711.